The molecule has 3 heteroatoms. The van der Waals surface area contributed by atoms with Crippen LogP contribution in [0.25, 0.3) is 0 Å². The van der Waals surface area contributed by atoms with Crippen LogP contribution in [0.15, 0.2) is 42.5 Å². The van der Waals surface area contributed by atoms with Crippen molar-refractivity contribution >= 4 is 11.4 Å². The zero-order valence-electron chi connectivity index (χ0n) is 11.4. The normalized spacial score (nSPS) is 12.3. The Hall–Kier alpha value is -1.87. The third-order valence-electron chi connectivity index (χ3n) is 3.20. The summed E-state index contributed by atoms with van der Waals surface area (Å²) in [6.45, 7) is 3.59. The molecule has 2 aromatic carbocycles. The van der Waals surface area contributed by atoms with Crippen molar-refractivity contribution in [2.75, 3.05) is 11.9 Å². The molecule has 0 heterocycles. The topological polar surface area (TPSA) is 23.5 Å². The lowest BCUT2D eigenvalue weighted by Crippen LogP contribution is -2.14. The molecule has 0 aliphatic heterocycles. The van der Waals surface area contributed by atoms with Gasteiger partial charge in [0.2, 0.25) is 0 Å². The van der Waals surface area contributed by atoms with Crippen LogP contribution in [0.5, 0.6) is 0 Å². The molecule has 0 saturated heterocycles. The van der Waals surface area contributed by atoms with Crippen LogP contribution in [0.1, 0.15) is 24.2 Å². The number of benzene rings is 2. The van der Waals surface area contributed by atoms with Crippen molar-refractivity contribution in [3.8, 4) is 0 Å². The molecule has 0 saturated carbocycles. The van der Waals surface area contributed by atoms with E-state index >= 15 is 0 Å². The van der Waals surface area contributed by atoms with Gasteiger partial charge < -0.3 is 10.0 Å². The van der Waals surface area contributed by atoms with E-state index in [9.17, 15) is 9.50 Å². The number of aliphatic hydroxyl groups is 1. The van der Waals surface area contributed by atoms with E-state index in [-0.39, 0.29) is 5.82 Å². The Morgan fingerprint density at radius 3 is 2.47 bits per heavy atom. The molecule has 0 radical (unpaired) electrons. The second-order valence-corrected chi connectivity index (χ2v) is 4.75. The zero-order valence-corrected chi connectivity index (χ0v) is 11.4. The molecule has 0 amide bonds. The average molecular weight is 259 g/mol. The van der Waals surface area contributed by atoms with Crippen molar-refractivity contribution in [1.82, 2.24) is 0 Å². The van der Waals surface area contributed by atoms with Crippen LogP contribution in [0.3, 0.4) is 0 Å². The Kier molecular flexibility index (Phi) is 3.86. The lowest BCUT2D eigenvalue weighted by Gasteiger charge is -2.24. The highest BCUT2D eigenvalue weighted by Gasteiger charge is 2.17. The Labute approximate surface area is 113 Å². The summed E-state index contributed by atoms with van der Waals surface area (Å²) < 4.78 is 13.9. The maximum absolute atomic E-state index is 13.9. The van der Waals surface area contributed by atoms with Gasteiger partial charge in [-0.1, -0.05) is 18.2 Å². The smallest absolute Gasteiger partial charge is 0.131 e. The summed E-state index contributed by atoms with van der Waals surface area (Å²) >= 11 is 0. The molecule has 0 aliphatic rings. The molecule has 0 fully saturated rings. The highest BCUT2D eigenvalue weighted by Crippen LogP contribution is 2.32. The lowest BCUT2D eigenvalue weighted by atomic mass is 10.1. The third kappa shape index (κ3) is 2.76. The Morgan fingerprint density at radius 1 is 1.16 bits per heavy atom. The second-order valence-electron chi connectivity index (χ2n) is 4.75. The molecule has 0 aromatic heterocycles. The van der Waals surface area contributed by atoms with Crippen LogP contribution >= 0.6 is 0 Å². The van der Waals surface area contributed by atoms with Crippen LogP contribution in [0.4, 0.5) is 15.8 Å². The maximum atomic E-state index is 13.9. The first-order chi connectivity index (χ1) is 9.00. The quantitative estimate of drug-likeness (QED) is 0.902. The van der Waals surface area contributed by atoms with E-state index in [0.29, 0.717) is 11.3 Å². The van der Waals surface area contributed by atoms with Gasteiger partial charge in [-0.3, -0.25) is 0 Å². The summed E-state index contributed by atoms with van der Waals surface area (Å²) in [4.78, 5) is 1.89. The molecule has 1 atom stereocenters. The van der Waals surface area contributed by atoms with Gasteiger partial charge in [-0.25, -0.2) is 4.39 Å². The highest BCUT2D eigenvalue weighted by molar-refractivity contribution is 5.66. The fourth-order valence-corrected chi connectivity index (χ4v) is 2.21. The summed E-state index contributed by atoms with van der Waals surface area (Å²) in [6.07, 6.45) is -0.844. The van der Waals surface area contributed by atoms with Gasteiger partial charge in [0.05, 0.1) is 6.10 Å². The molecular formula is C16H18FNO. The fraction of sp³-hybridized carbons (Fsp3) is 0.250. The summed E-state index contributed by atoms with van der Waals surface area (Å²) in [6, 6.07) is 12.8. The van der Waals surface area contributed by atoms with Crippen molar-refractivity contribution in [3.05, 3.63) is 59.4 Å². The van der Waals surface area contributed by atoms with Crippen LogP contribution in [0, 0.1) is 12.7 Å². The van der Waals surface area contributed by atoms with E-state index in [4.69, 9.17) is 0 Å². The molecule has 0 unspecified atom stereocenters. The molecule has 0 aliphatic carbocycles. The number of hydrogen-bond acceptors (Lipinski definition) is 2. The van der Waals surface area contributed by atoms with Gasteiger partial charge in [0, 0.05) is 24.0 Å². The summed E-state index contributed by atoms with van der Waals surface area (Å²) in [5, 5.41) is 9.77. The lowest BCUT2D eigenvalue weighted by molar-refractivity contribution is 0.194. The molecule has 1 N–H and O–H groups in total. The van der Waals surface area contributed by atoms with Gasteiger partial charge in [0.1, 0.15) is 5.82 Å². The Bertz CT molecular complexity index is 581. The molecule has 100 valence electrons. The van der Waals surface area contributed by atoms with Gasteiger partial charge in [0.25, 0.3) is 0 Å². The SMILES string of the molecule is Cc1cccc(N(C)c2cccc(F)c2[C@@H](C)O)c1. The molecule has 0 bridgehead atoms. The van der Waals surface area contributed by atoms with E-state index < -0.39 is 6.10 Å². The van der Waals surface area contributed by atoms with Crippen molar-refractivity contribution in [1.29, 1.82) is 0 Å². The van der Waals surface area contributed by atoms with Crippen LogP contribution in [-0.2, 0) is 0 Å². The summed E-state index contributed by atoms with van der Waals surface area (Å²) in [7, 11) is 1.87. The minimum absolute atomic E-state index is 0.325. The first-order valence-electron chi connectivity index (χ1n) is 6.27. The number of anilines is 2. The second kappa shape index (κ2) is 5.41. The van der Waals surface area contributed by atoms with Crippen molar-refractivity contribution in [2.24, 2.45) is 0 Å². The number of rotatable bonds is 3. The van der Waals surface area contributed by atoms with E-state index in [1.807, 2.05) is 49.2 Å². The van der Waals surface area contributed by atoms with Crippen molar-refractivity contribution < 1.29 is 9.50 Å². The predicted molar refractivity (Wildman–Crippen MR) is 76.3 cm³/mol. The first kappa shape index (κ1) is 13.6. The first-order valence-corrected chi connectivity index (χ1v) is 6.27. The fourth-order valence-electron chi connectivity index (χ4n) is 2.21. The molecular weight excluding hydrogens is 241 g/mol. The van der Waals surface area contributed by atoms with E-state index in [1.165, 1.54) is 6.07 Å². The van der Waals surface area contributed by atoms with Gasteiger partial charge in [-0.2, -0.15) is 0 Å². The van der Waals surface area contributed by atoms with E-state index in [1.54, 1.807) is 13.0 Å². The number of nitrogens with zero attached hydrogens (tertiary/aromatic N) is 1. The molecule has 2 rings (SSSR count). The molecule has 0 spiro atoms. The van der Waals surface area contributed by atoms with E-state index in [0.717, 1.165) is 11.3 Å². The van der Waals surface area contributed by atoms with Gasteiger partial charge in [-0.15, -0.1) is 0 Å². The van der Waals surface area contributed by atoms with E-state index in [2.05, 4.69) is 0 Å². The monoisotopic (exact) mass is 259 g/mol. The number of aryl methyl sites for hydroxylation is 1. The minimum atomic E-state index is -0.844. The van der Waals surface area contributed by atoms with Gasteiger partial charge >= 0.3 is 0 Å². The van der Waals surface area contributed by atoms with Crippen molar-refractivity contribution in [3.63, 3.8) is 0 Å². The Morgan fingerprint density at radius 2 is 1.84 bits per heavy atom. The third-order valence-corrected chi connectivity index (χ3v) is 3.20. The minimum Gasteiger partial charge on any atom is -0.389 e. The van der Waals surface area contributed by atoms with Gasteiger partial charge in [0.15, 0.2) is 0 Å². The molecule has 2 nitrogen and oxygen atoms in total. The largest absolute Gasteiger partial charge is 0.389 e. The average Bonchev–Trinajstić information content (AvgIpc) is 2.37. The van der Waals surface area contributed by atoms with Crippen LogP contribution in [-0.4, -0.2) is 12.2 Å². The maximum Gasteiger partial charge on any atom is 0.131 e. The van der Waals surface area contributed by atoms with Crippen molar-refractivity contribution in [2.45, 2.75) is 20.0 Å². The standard InChI is InChI=1S/C16H18FNO/c1-11-6-4-7-13(10-11)18(3)15-9-5-8-14(17)16(15)12(2)19/h4-10,12,19H,1-3H3/t12-/m1/s1. The highest BCUT2D eigenvalue weighted by atomic mass is 19.1. The Balaban J connectivity index is 2.50. The van der Waals surface area contributed by atoms with Gasteiger partial charge in [-0.05, 0) is 43.7 Å². The molecule has 19 heavy (non-hydrogen) atoms. The number of halogens is 1. The zero-order chi connectivity index (χ0) is 14.0. The predicted octanol–water partition coefficient (Wildman–Crippen LogP) is 3.96. The number of hydrogen-bond donors (Lipinski definition) is 1. The van der Waals surface area contributed by atoms with Crippen LogP contribution in [0.2, 0.25) is 0 Å². The summed E-state index contributed by atoms with van der Waals surface area (Å²) in [5.41, 5.74) is 3.11. The summed E-state index contributed by atoms with van der Waals surface area (Å²) in [5.74, 6) is -0.382. The number of aliphatic hydroxyl groups excluding tert-OH is 1. The van der Waals surface area contributed by atoms with Crippen LogP contribution < -0.4 is 4.90 Å². The molecule has 2 aromatic rings.